The third kappa shape index (κ3) is 3.16. The van der Waals surface area contributed by atoms with Gasteiger partial charge in [-0.05, 0) is 24.3 Å². The minimum absolute atomic E-state index is 0.0746. The number of nitro groups is 1. The van der Waals surface area contributed by atoms with E-state index in [0.29, 0.717) is 43.2 Å². The number of nitrogens with zero attached hydrogens (tertiary/aromatic N) is 4. The number of rotatable bonds is 3. The van der Waals surface area contributed by atoms with E-state index in [9.17, 15) is 14.9 Å². The first kappa shape index (κ1) is 19.8. The summed E-state index contributed by atoms with van der Waals surface area (Å²) < 4.78 is 8.74. The monoisotopic (exact) mass is 458 g/mol. The van der Waals surface area contributed by atoms with Gasteiger partial charge < -0.3 is 9.64 Å². The van der Waals surface area contributed by atoms with Gasteiger partial charge >= 0.3 is 0 Å². The number of hydrogen-bond acceptors (Lipinski definition) is 7. The smallest absolute Gasteiger partial charge is 0.278 e. The molecule has 3 aromatic heterocycles. The molecule has 0 N–H and O–H groups in total. The molecule has 1 fully saturated rings. The molecule has 0 bridgehead atoms. The molecule has 4 heterocycles. The number of fused-ring (bicyclic) bond motifs is 4. The van der Waals surface area contributed by atoms with Crippen LogP contribution in [0.3, 0.4) is 0 Å². The zero-order chi connectivity index (χ0) is 22.5. The molecule has 0 spiro atoms. The summed E-state index contributed by atoms with van der Waals surface area (Å²) in [7, 11) is 0. The second-order valence-corrected chi connectivity index (χ2v) is 8.91. The van der Waals surface area contributed by atoms with Crippen molar-refractivity contribution in [2.75, 3.05) is 31.2 Å². The lowest BCUT2D eigenvalue weighted by Gasteiger charge is -2.27. The number of hydrogen-bond donors (Lipinski definition) is 0. The predicted molar refractivity (Wildman–Crippen MR) is 129 cm³/mol. The van der Waals surface area contributed by atoms with Gasteiger partial charge in [0.05, 0.1) is 28.2 Å². The van der Waals surface area contributed by atoms with E-state index in [1.807, 2.05) is 35.2 Å². The number of thiophene rings is 1. The lowest BCUT2D eigenvalue weighted by Crippen LogP contribution is -2.37. The number of ether oxygens (including phenoxy) is 1. The highest BCUT2D eigenvalue weighted by Gasteiger charge is 2.22. The molecule has 0 unspecified atom stereocenters. The minimum atomic E-state index is -0.340. The van der Waals surface area contributed by atoms with E-state index in [1.165, 1.54) is 15.7 Å². The highest BCUT2D eigenvalue weighted by atomic mass is 32.1. The van der Waals surface area contributed by atoms with Gasteiger partial charge in [0, 0.05) is 52.6 Å². The second kappa shape index (κ2) is 7.65. The maximum absolute atomic E-state index is 13.0. The Kier molecular flexibility index (Phi) is 4.60. The summed E-state index contributed by atoms with van der Waals surface area (Å²) in [6.07, 6.45) is 1.70. The van der Waals surface area contributed by atoms with Crippen LogP contribution in [0.15, 0.2) is 65.6 Å². The third-order valence-corrected chi connectivity index (χ3v) is 7.21. The van der Waals surface area contributed by atoms with Crippen LogP contribution in [0.2, 0.25) is 0 Å². The quantitative estimate of drug-likeness (QED) is 0.293. The van der Waals surface area contributed by atoms with Crippen LogP contribution in [0.4, 0.5) is 11.5 Å². The molecule has 1 saturated heterocycles. The largest absolute Gasteiger partial charge is 0.378 e. The molecule has 0 amide bonds. The standard InChI is InChI=1S/C24H18N4O4S/c29-21-14-20(26-10-12-32-13-11-26)25-24-16(5-3-9-27(21)24)15-7-8-18(28(30)31)22-17-4-1-2-6-19(17)33-23(15)22/h1-9,14H,10-13H2. The Bertz CT molecular complexity index is 1620. The highest BCUT2D eigenvalue weighted by molar-refractivity contribution is 7.26. The molecule has 1 aliphatic heterocycles. The van der Waals surface area contributed by atoms with Crippen LogP contribution in [-0.2, 0) is 4.74 Å². The van der Waals surface area contributed by atoms with Gasteiger partial charge in [0.25, 0.3) is 11.2 Å². The average molecular weight is 458 g/mol. The zero-order valence-corrected chi connectivity index (χ0v) is 18.2. The predicted octanol–water partition coefficient (Wildman–Crippen LogP) is 4.47. The molecule has 6 rings (SSSR count). The fourth-order valence-electron chi connectivity index (χ4n) is 4.45. The van der Waals surface area contributed by atoms with Crippen molar-refractivity contribution in [1.29, 1.82) is 0 Å². The van der Waals surface area contributed by atoms with E-state index in [1.54, 1.807) is 30.5 Å². The van der Waals surface area contributed by atoms with E-state index in [2.05, 4.69) is 0 Å². The molecule has 33 heavy (non-hydrogen) atoms. The fraction of sp³-hybridized carbons (Fsp3) is 0.167. The number of aromatic nitrogens is 2. The van der Waals surface area contributed by atoms with E-state index in [-0.39, 0.29) is 16.2 Å². The van der Waals surface area contributed by atoms with Gasteiger partial charge in [-0.3, -0.25) is 19.3 Å². The Balaban J connectivity index is 1.66. The van der Waals surface area contributed by atoms with Crippen molar-refractivity contribution >= 4 is 48.7 Å². The number of pyridine rings is 1. The summed E-state index contributed by atoms with van der Waals surface area (Å²) in [5, 5.41) is 13.3. The Morgan fingerprint density at radius 1 is 1.03 bits per heavy atom. The summed E-state index contributed by atoms with van der Waals surface area (Å²) in [6, 6.07) is 16.3. The van der Waals surface area contributed by atoms with Crippen LogP contribution in [-0.4, -0.2) is 40.6 Å². The van der Waals surface area contributed by atoms with Crippen molar-refractivity contribution in [1.82, 2.24) is 9.38 Å². The van der Waals surface area contributed by atoms with E-state index in [0.717, 1.165) is 25.9 Å². The van der Waals surface area contributed by atoms with Crippen molar-refractivity contribution in [3.05, 3.63) is 81.3 Å². The summed E-state index contributed by atoms with van der Waals surface area (Å²) in [6.45, 7) is 2.52. The molecule has 9 heteroatoms. The Morgan fingerprint density at radius 3 is 2.67 bits per heavy atom. The van der Waals surface area contributed by atoms with Crippen molar-refractivity contribution < 1.29 is 9.66 Å². The van der Waals surface area contributed by atoms with Gasteiger partial charge in [-0.25, -0.2) is 4.98 Å². The van der Waals surface area contributed by atoms with Crippen molar-refractivity contribution in [3.8, 4) is 11.1 Å². The maximum atomic E-state index is 13.0. The van der Waals surface area contributed by atoms with Gasteiger partial charge in [0.2, 0.25) is 0 Å². The van der Waals surface area contributed by atoms with Crippen molar-refractivity contribution in [3.63, 3.8) is 0 Å². The number of nitro benzene ring substituents is 1. The van der Waals surface area contributed by atoms with Crippen LogP contribution in [0, 0.1) is 10.1 Å². The maximum Gasteiger partial charge on any atom is 0.278 e. The molecule has 8 nitrogen and oxygen atoms in total. The molecule has 0 saturated carbocycles. The summed E-state index contributed by atoms with van der Waals surface area (Å²) in [5.41, 5.74) is 2.01. The molecular weight excluding hydrogens is 440 g/mol. The van der Waals surface area contributed by atoms with Crippen LogP contribution in [0.25, 0.3) is 36.9 Å². The molecule has 0 atom stereocenters. The number of non-ortho nitro benzene ring substituents is 1. The van der Waals surface area contributed by atoms with Gasteiger partial charge in [0.1, 0.15) is 11.5 Å². The molecule has 0 radical (unpaired) electrons. The zero-order valence-electron chi connectivity index (χ0n) is 17.4. The molecule has 5 aromatic rings. The number of anilines is 1. The molecule has 1 aliphatic rings. The molecule has 2 aromatic carbocycles. The fourth-order valence-corrected chi connectivity index (χ4v) is 5.70. The number of benzene rings is 2. The van der Waals surface area contributed by atoms with E-state index >= 15 is 0 Å². The average Bonchev–Trinajstić information content (AvgIpc) is 3.23. The second-order valence-electron chi connectivity index (χ2n) is 7.86. The number of morpholine rings is 1. The molecule has 0 aliphatic carbocycles. The van der Waals surface area contributed by atoms with Gasteiger partial charge in [0.15, 0.2) is 0 Å². The van der Waals surface area contributed by atoms with Gasteiger partial charge in [-0.1, -0.05) is 18.2 Å². The minimum Gasteiger partial charge on any atom is -0.378 e. The first-order chi connectivity index (χ1) is 16.1. The van der Waals surface area contributed by atoms with Crippen molar-refractivity contribution in [2.45, 2.75) is 0 Å². The van der Waals surface area contributed by atoms with E-state index < -0.39 is 0 Å². The van der Waals surface area contributed by atoms with Gasteiger partial charge in [-0.15, -0.1) is 11.3 Å². The highest BCUT2D eigenvalue weighted by Crippen LogP contribution is 2.44. The normalized spacial score (nSPS) is 14.4. The summed E-state index contributed by atoms with van der Waals surface area (Å²) in [4.78, 5) is 31.3. The van der Waals surface area contributed by atoms with Crippen LogP contribution < -0.4 is 10.5 Å². The Hall–Kier alpha value is -3.82. The lowest BCUT2D eigenvalue weighted by atomic mass is 10.0. The molecular formula is C24H18N4O4S. The van der Waals surface area contributed by atoms with E-state index in [4.69, 9.17) is 9.72 Å². The first-order valence-electron chi connectivity index (χ1n) is 10.6. The summed E-state index contributed by atoms with van der Waals surface area (Å²) >= 11 is 1.51. The van der Waals surface area contributed by atoms with Crippen LogP contribution >= 0.6 is 11.3 Å². The third-order valence-electron chi connectivity index (χ3n) is 6.00. The molecule has 164 valence electrons. The van der Waals surface area contributed by atoms with Crippen molar-refractivity contribution in [2.24, 2.45) is 0 Å². The van der Waals surface area contributed by atoms with Gasteiger partial charge in [-0.2, -0.15) is 0 Å². The Morgan fingerprint density at radius 2 is 1.85 bits per heavy atom. The topological polar surface area (TPSA) is 90.0 Å². The first-order valence-corrected chi connectivity index (χ1v) is 11.4. The van der Waals surface area contributed by atoms with Crippen LogP contribution in [0.1, 0.15) is 0 Å². The van der Waals surface area contributed by atoms with Crippen LogP contribution in [0.5, 0.6) is 0 Å². The lowest BCUT2D eigenvalue weighted by molar-refractivity contribution is -0.383. The summed E-state index contributed by atoms with van der Waals surface area (Å²) in [5.74, 6) is 0.616. The Labute approximate surface area is 191 Å². The SMILES string of the molecule is O=c1cc(N2CCOCC2)nc2c(-c3ccc([N+](=O)[O-])c4c3sc3ccccc34)cccn12.